The molecule has 0 fully saturated rings. The van der Waals surface area contributed by atoms with Gasteiger partial charge in [0, 0.05) is 22.5 Å². The van der Waals surface area contributed by atoms with E-state index >= 15 is 0 Å². The lowest BCUT2D eigenvalue weighted by atomic mass is 10.2. The van der Waals surface area contributed by atoms with Gasteiger partial charge in [0.05, 0.1) is 13.0 Å². The van der Waals surface area contributed by atoms with Gasteiger partial charge in [-0.2, -0.15) is 0 Å². The van der Waals surface area contributed by atoms with E-state index in [4.69, 9.17) is 17.3 Å². The van der Waals surface area contributed by atoms with Crippen molar-refractivity contribution < 1.29 is 4.79 Å². The molecule has 2 aromatic rings. The summed E-state index contributed by atoms with van der Waals surface area (Å²) < 4.78 is 0. The minimum atomic E-state index is 0.0194. The molecule has 0 spiro atoms. The second-order valence-electron chi connectivity index (χ2n) is 4.78. The number of nitrogens with zero attached hydrogens (tertiary/aromatic N) is 3. The Morgan fingerprint density at radius 2 is 2.15 bits per heavy atom. The molecule has 1 aromatic heterocycles. The average Bonchev–Trinajstić information content (AvgIpc) is 2.65. The van der Waals surface area contributed by atoms with Crippen molar-refractivity contribution in [3.05, 3.63) is 46.4 Å². The molecule has 1 aromatic carbocycles. The second-order valence-corrected chi connectivity index (χ2v) is 5.22. The summed E-state index contributed by atoms with van der Waals surface area (Å²) in [6, 6.07) is 7.15. The largest absolute Gasteiger partial charge is 0.384 e. The van der Waals surface area contributed by atoms with Crippen molar-refractivity contribution in [3.8, 4) is 0 Å². The van der Waals surface area contributed by atoms with Crippen molar-refractivity contribution in [2.24, 2.45) is 0 Å². The van der Waals surface area contributed by atoms with Crippen molar-refractivity contribution in [1.29, 1.82) is 0 Å². The summed E-state index contributed by atoms with van der Waals surface area (Å²) in [6.07, 6.45) is 0.383. The zero-order valence-corrected chi connectivity index (χ0v) is 11.7. The van der Waals surface area contributed by atoms with Crippen LogP contribution in [0.5, 0.6) is 0 Å². The van der Waals surface area contributed by atoms with Crippen LogP contribution < -0.4 is 10.6 Å². The highest BCUT2D eigenvalue weighted by atomic mass is 35.5. The highest BCUT2D eigenvalue weighted by Crippen LogP contribution is 2.32. The quantitative estimate of drug-likeness (QED) is 0.918. The van der Waals surface area contributed by atoms with Crippen LogP contribution in [-0.4, -0.2) is 15.9 Å². The molecule has 102 valence electrons. The van der Waals surface area contributed by atoms with Gasteiger partial charge in [-0.05, 0) is 24.6 Å². The summed E-state index contributed by atoms with van der Waals surface area (Å²) >= 11 is 6.00. The number of nitrogen functional groups attached to an aromatic ring is 1. The summed E-state index contributed by atoms with van der Waals surface area (Å²) in [7, 11) is 0. The number of nitrogens with two attached hydrogens (primary N) is 1. The second kappa shape index (κ2) is 4.76. The van der Waals surface area contributed by atoms with E-state index in [1.54, 1.807) is 23.1 Å². The monoisotopic (exact) mass is 288 g/mol. The molecule has 1 aliphatic rings. The predicted octanol–water partition coefficient (Wildman–Crippen LogP) is 2.11. The Labute approximate surface area is 121 Å². The van der Waals surface area contributed by atoms with Gasteiger partial charge in [-0.25, -0.2) is 9.97 Å². The van der Waals surface area contributed by atoms with Gasteiger partial charge in [-0.1, -0.05) is 17.7 Å². The fraction of sp³-hybridized carbons (Fsp3) is 0.214. The van der Waals surface area contributed by atoms with Crippen molar-refractivity contribution in [1.82, 2.24) is 9.97 Å². The number of anilines is 2. The highest BCUT2D eigenvalue weighted by molar-refractivity contribution is 6.31. The van der Waals surface area contributed by atoms with E-state index in [-0.39, 0.29) is 5.91 Å². The SMILES string of the molecule is Cc1cc(N)nc(CN2C(=O)Cc3ccc(Cl)cc32)n1. The number of rotatable bonds is 2. The maximum Gasteiger partial charge on any atom is 0.231 e. The molecular formula is C14H13ClN4O. The van der Waals surface area contributed by atoms with Crippen molar-refractivity contribution in [2.75, 3.05) is 10.6 Å². The van der Waals surface area contributed by atoms with E-state index in [9.17, 15) is 4.79 Å². The van der Waals surface area contributed by atoms with Crippen LogP contribution in [0.2, 0.25) is 5.02 Å². The average molecular weight is 289 g/mol. The third-order valence-corrected chi connectivity index (χ3v) is 3.44. The smallest absolute Gasteiger partial charge is 0.231 e. The molecular weight excluding hydrogens is 276 g/mol. The standard InChI is InChI=1S/C14H13ClN4O/c1-8-4-12(16)18-13(17-8)7-19-11-6-10(15)3-2-9(11)5-14(19)20/h2-4,6H,5,7H2,1H3,(H2,16,17,18). The Kier molecular flexibility index (Phi) is 3.06. The van der Waals surface area contributed by atoms with Gasteiger partial charge in [-0.15, -0.1) is 0 Å². The van der Waals surface area contributed by atoms with Gasteiger partial charge in [-0.3, -0.25) is 4.79 Å². The number of aryl methyl sites for hydroxylation is 1. The maximum atomic E-state index is 12.1. The number of hydrogen-bond donors (Lipinski definition) is 1. The number of halogens is 1. The summed E-state index contributed by atoms with van der Waals surface area (Å²) in [5.41, 5.74) is 8.29. The minimum Gasteiger partial charge on any atom is -0.384 e. The van der Waals surface area contributed by atoms with Gasteiger partial charge in [0.25, 0.3) is 0 Å². The van der Waals surface area contributed by atoms with Crippen LogP contribution >= 0.6 is 11.6 Å². The zero-order chi connectivity index (χ0) is 14.3. The Morgan fingerprint density at radius 1 is 1.35 bits per heavy atom. The van der Waals surface area contributed by atoms with Gasteiger partial charge in [0.15, 0.2) is 5.82 Å². The molecule has 6 heteroatoms. The first kappa shape index (κ1) is 12.9. The van der Waals surface area contributed by atoms with Crippen LogP contribution in [0.1, 0.15) is 17.1 Å². The van der Waals surface area contributed by atoms with Crippen LogP contribution in [0.3, 0.4) is 0 Å². The first-order valence-corrected chi connectivity index (χ1v) is 6.59. The fourth-order valence-corrected chi connectivity index (χ4v) is 2.54. The number of aromatic nitrogens is 2. The Balaban J connectivity index is 1.95. The van der Waals surface area contributed by atoms with Crippen LogP contribution in [0.25, 0.3) is 0 Å². The number of carbonyl (C=O) groups excluding carboxylic acids is 1. The number of benzene rings is 1. The Morgan fingerprint density at radius 3 is 2.90 bits per heavy atom. The van der Waals surface area contributed by atoms with E-state index in [0.717, 1.165) is 16.9 Å². The zero-order valence-electron chi connectivity index (χ0n) is 10.9. The van der Waals surface area contributed by atoms with Gasteiger partial charge >= 0.3 is 0 Å². The lowest BCUT2D eigenvalue weighted by molar-refractivity contribution is -0.117. The van der Waals surface area contributed by atoms with Crippen molar-refractivity contribution >= 4 is 29.0 Å². The normalized spacial score (nSPS) is 13.7. The first-order valence-electron chi connectivity index (χ1n) is 6.22. The van der Waals surface area contributed by atoms with E-state index in [1.165, 1.54) is 0 Å². The molecule has 0 bridgehead atoms. The summed E-state index contributed by atoms with van der Waals surface area (Å²) in [5.74, 6) is 0.958. The predicted molar refractivity (Wildman–Crippen MR) is 77.5 cm³/mol. The molecule has 0 radical (unpaired) electrons. The third kappa shape index (κ3) is 2.32. The lowest BCUT2D eigenvalue weighted by Gasteiger charge is -2.17. The Bertz CT molecular complexity index is 681. The summed E-state index contributed by atoms with van der Waals surface area (Å²) in [5, 5.41) is 0.605. The third-order valence-electron chi connectivity index (χ3n) is 3.20. The lowest BCUT2D eigenvalue weighted by Crippen LogP contribution is -2.27. The van der Waals surface area contributed by atoms with E-state index in [2.05, 4.69) is 9.97 Å². The van der Waals surface area contributed by atoms with Crippen LogP contribution in [0.15, 0.2) is 24.3 Å². The van der Waals surface area contributed by atoms with Gasteiger partial charge in [0.2, 0.25) is 5.91 Å². The molecule has 0 aliphatic carbocycles. The summed E-state index contributed by atoms with van der Waals surface area (Å²) in [4.78, 5) is 22.2. The van der Waals surface area contributed by atoms with Crippen LogP contribution in [-0.2, 0) is 17.8 Å². The molecule has 2 N–H and O–H groups in total. The molecule has 1 amide bonds. The fourth-order valence-electron chi connectivity index (χ4n) is 2.37. The van der Waals surface area contributed by atoms with Crippen LogP contribution in [0, 0.1) is 6.92 Å². The molecule has 20 heavy (non-hydrogen) atoms. The first-order chi connectivity index (χ1) is 9.52. The molecule has 0 saturated carbocycles. The number of fused-ring (bicyclic) bond motifs is 1. The minimum absolute atomic E-state index is 0.0194. The number of hydrogen-bond acceptors (Lipinski definition) is 4. The Hall–Kier alpha value is -2.14. The molecule has 0 unspecified atom stereocenters. The van der Waals surface area contributed by atoms with Crippen molar-refractivity contribution in [2.45, 2.75) is 19.9 Å². The topological polar surface area (TPSA) is 72.1 Å². The van der Waals surface area contributed by atoms with Gasteiger partial charge in [0.1, 0.15) is 5.82 Å². The number of carbonyl (C=O) groups is 1. The summed E-state index contributed by atoms with van der Waals surface area (Å²) in [6.45, 7) is 2.15. The van der Waals surface area contributed by atoms with E-state index < -0.39 is 0 Å². The van der Waals surface area contributed by atoms with E-state index in [0.29, 0.717) is 29.6 Å². The molecule has 5 nitrogen and oxygen atoms in total. The highest BCUT2D eigenvalue weighted by Gasteiger charge is 2.28. The number of amides is 1. The molecule has 2 heterocycles. The van der Waals surface area contributed by atoms with Gasteiger partial charge < -0.3 is 10.6 Å². The van der Waals surface area contributed by atoms with Crippen LogP contribution in [0.4, 0.5) is 11.5 Å². The molecule has 1 aliphatic heterocycles. The molecule has 3 rings (SSSR count). The molecule has 0 atom stereocenters. The van der Waals surface area contributed by atoms with E-state index in [1.807, 2.05) is 13.0 Å². The maximum absolute atomic E-state index is 12.1. The molecule has 0 saturated heterocycles. The van der Waals surface area contributed by atoms with Crippen molar-refractivity contribution in [3.63, 3.8) is 0 Å².